The number of rotatable bonds is 4. The summed E-state index contributed by atoms with van der Waals surface area (Å²) in [6, 6.07) is 69.8. The molecule has 12 aromatic rings. The predicted molar refractivity (Wildman–Crippen MR) is 338 cm³/mol. The monoisotopic (exact) mass is 1160 g/mol. The summed E-state index contributed by atoms with van der Waals surface area (Å²) in [5.41, 5.74) is 22.2. The highest BCUT2D eigenvalue weighted by molar-refractivity contribution is 6.40. The van der Waals surface area contributed by atoms with Crippen molar-refractivity contribution in [3.63, 3.8) is 0 Å². The van der Waals surface area contributed by atoms with E-state index in [4.69, 9.17) is 69.6 Å². The first-order valence-electron chi connectivity index (χ1n) is 27.2. The molecule has 0 saturated heterocycles. The number of halogens is 6. The number of fused-ring (bicyclic) bond motifs is 24. The third kappa shape index (κ3) is 7.05. The Morgan fingerprint density at radius 1 is 0.438 bits per heavy atom. The van der Waals surface area contributed by atoms with Crippen molar-refractivity contribution < 1.29 is 5.11 Å². The molecule has 2 aliphatic heterocycles. The standard InChI is InChI=1S/C35H25Cl2NO.C35H25Cl2N.CH2Cl2/c1-3-34(2,39)20-12-14-32-29(16-20)35(27-10-6-4-8-23(27)24-9-5-7-11-28(24)35)30-19-22(37)18-26-25-17-21(36)13-15-31(25)38(32)33(26)30;1-3-20(2)21-12-14-33-30(16-21)35(28-10-6-4-8-24(28)25-9-5-7-11-29(25)35)31-19-23(37)18-27-26-17-22(36)13-15-32(26)38(33)34(27)31;2-1-3/h4-19,39H,3H2,1-2H3;4-20H,3H2,1-2H3;1H2. The Hall–Kier alpha value is -6.50. The first-order valence-corrected chi connectivity index (χ1v) is 29.8. The van der Waals surface area contributed by atoms with Gasteiger partial charge < -0.3 is 14.2 Å². The van der Waals surface area contributed by atoms with Crippen LogP contribution in [0.4, 0.5) is 0 Å². The summed E-state index contributed by atoms with van der Waals surface area (Å²) in [4.78, 5) is 0. The minimum absolute atomic E-state index is 0.194. The normalized spacial score (nSPS) is 15.1. The molecule has 0 bridgehead atoms. The molecule has 0 fully saturated rings. The highest BCUT2D eigenvalue weighted by Crippen LogP contribution is 2.64. The Bertz CT molecular complexity index is 4490. The molecule has 394 valence electrons. The van der Waals surface area contributed by atoms with Gasteiger partial charge in [0, 0.05) is 41.6 Å². The van der Waals surface area contributed by atoms with E-state index in [0.717, 1.165) is 76.9 Å². The van der Waals surface area contributed by atoms with E-state index < -0.39 is 16.4 Å². The van der Waals surface area contributed by atoms with Crippen LogP contribution in [0.3, 0.4) is 0 Å². The highest BCUT2D eigenvalue weighted by atomic mass is 35.5. The van der Waals surface area contributed by atoms with Crippen LogP contribution in [0, 0.1) is 0 Å². The number of aliphatic hydroxyl groups is 1. The van der Waals surface area contributed by atoms with E-state index in [0.29, 0.717) is 22.4 Å². The van der Waals surface area contributed by atoms with Crippen LogP contribution < -0.4 is 0 Å². The smallest absolute Gasteiger partial charge is 0.0967 e. The van der Waals surface area contributed by atoms with Crippen molar-refractivity contribution in [2.24, 2.45) is 0 Å². The molecule has 0 radical (unpaired) electrons. The van der Waals surface area contributed by atoms with E-state index in [9.17, 15) is 5.11 Å². The summed E-state index contributed by atoms with van der Waals surface area (Å²) < 4.78 is 4.80. The van der Waals surface area contributed by atoms with E-state index in [-0.39, 0.29) is 5.34 Å². The summed E-state index contributed by atoms with van der Waals surface area (Å²) in [7, 11) is 0. The van der Waals surface area contributed by atoms with Crippen molar-refractivity contribution in [1.29, 1.82) is 0 Å². The van der Waals surface area contributed by atoms with Crippen molar-refractivity contribution in [2.45, 2.75) is 62.9 Å². The molecule has 2 aromatic heterocycles. The molecule has 0 amide bonds. The lowest BCUT2D eigenvalue weighted by Crippen LogP contribution is -2.34. The van der Waals surface area contributed by atoms with Crippen LogP contribution in [0.2, 0.25) is 20.1 Å². The second-order valence-electron chi connectivity index (χ2n) is 21.9. The van der Waals surface area contributed by atoms with Gasteiger partial charge in [-0.15, -0.1) is 23.2 Å². The van der Waals surface area contributed by atoms with Gasteiger partial charge in [-0.2, -0.15) is 0 Å². The Kier molecular flexibility index (Phi) is 12.3. The van der Waals surface area contributed by atoms with Gasteiger partial charge >= 0.3 is 0 Å². The molecule has 2 atom stereocenters. The minimum atomic E-state index is -0.954. The molecule has 0 saturated carbocycles. The van der Waals surface area contributed by atoms with Crippen LogP contribution in [0.15, 0.2) is 194 Å². The Morgan fingerprint density at radius 2 is 0.825 bits per heavy atom. The maximum atomic E-state index is 11.4. The third-order valence-electron chi connectivity index (χ3n) is 18.1. The predicted octanol–water partition coefficient (Wildman–Crippen LogP) is 21.1. The summed E-state index contributed by atoms with van der Waals surface area (Å²) >= 11 is 36.6. The largest absolute Gasteiger partial charge is 0.385 e. The Balaban J connectivity index is 0.000000138. The molecule has 80 heavy (non-hydrogen) atoms. The van der Waals surface area contributed by atoms with E-state index >= 15 is 0 Å². The first kappa shape index (κ1) is 51.6. The average molecular weight is 1160 g/mol. The molecule has 16 rings (SSSR count). The Morgan fingerprint density at radius 3 is 1.24 bits per heavy atom. The molecular formula is C71H52Cl6N2O. The summed E-state index contributed by atoms with van der Waals surface area (Å²) in [6.07, 6.45) is 1.71. The van der Waals surface area contributed by atoms with Crippen LogP contribution >= 0.6 is 69.6 Å². The van der Waals surface area contributed by atoms with Gasteiger partial charge in [-0.3, -0.25) is 0 Å². The van der Waals surface area contributed by atoms with Crippen molar-refractivity contribution in [3.05, 3.63) is 270 Å². The van der Waals surface area contributed by atoms with Gasteiger partial charge in [0.25, 0.3) is 0 Å². The molecule has 3 nitrogen and oxygen atoms in total. The van der Waals surface area contributed by atoms with E-state index in [1.54, 1.807) is 0 Å². The Labute approximate surface area is 495 Å². The minimum Gasteiger partial charge on any atom is -0.385 e. The van der Waals surface area contributed by atoms with Crippen molar-refractivity contribution >= 4 is 113 Å². The zero-order valence-electron chi connectivity index (χ0n) is 44.3. The van der Waals surface area contributed by atoms with Crippen molar-refractivity contribution in [2.75, 3.05) is 5.34 Å². The van der Waals surface area contributed by atoms with Crippen molar-refractivity contribution in [3.8, 4) is 33.6 Å². The van der Waals surface area contributed by atoms with E-state index in [2.05, 4.69) is 199 Å². The fourth-order valence-corrected chi connectivity index (χ4v) is 15.1. The average Bonchev–Trinajstić information content (AvgIpc) is 3.67. The van der Waals surface area contributed by atoms with Gasteiger partial charge in [-0.1, -0.05) is 182 Å². The van der Waals surface area contributed by atoms with Crippen LogP contribution in [0.25, 0.3) is 77.2 Å². The molecule has 2 aliphatic carbocycles. The maximum absolute atomic E-state index is 11.4. The molecule has 9 heteroatoms. The van der Waals surface area contributed by atoms with Crippen LogP contribution in [-0.4, -0.2) is 19.6 Å². The fraction of sp³-hybridized carbons (Fsp3) is 0.155. The fourth-order valence-electron chi connectivity index (χ4n) is 14.3. The van der Waals surface area contributed by atoms with Gasteiger partial charge in [0.2, 0.25) is 0 Å². The first-order chi connectivity index (χ1) is 38.8. The quantitative estimate of drug-likeness (QED) is 0.175. The maximum Gasteiger partial charge on any atom is 0.0967 e. The molecule has 4 heterocycles. The lowest BCUT2D eigenvalue weighted by atomic mass is 9.65. The van der Waals surface area contributed by atoms with Gasteiger partial charge in [0.1, 0.15) is 0 Å². The van der Waals surface area contributed by atoms with Gasteiger partial charge in [-0.25, -0.2) is 0 Å². The summed E-state index contributed by atoms with van der Waals surface area (Å²) in [5.74, 6) is 0.463. The topological polar surface area (TPSA) is 30.1 Å². The molecule has 4 aliphatic rings. The summed E-state index contributed by atoms with van der Waals surface area (Å²) in [5, 5.41) is 18.9. The zero-order valence-corrected chi connectivity index (χ0v) is 48.8. The number of aromatic nitrogens is 2. The number of nitrogens with zero attached hydrogens (tertiary/aromatic N) is 2. The van der Waals surface area contributed by atoms with E-state index in [1.807, 2.05) is 32.0 Å². The summed E-state index contributed by atoms with van der Waals surface area (Å²) in [6.45, 7) is 8.51. The molecule has 2 spiro atoms. The zero-order chi connectivity index (χ0) is 55.1. The number of alkyl halides is 2. The third-order valence-corrected chi connectivity index (χ3v) is 19.0. The van der Waals surface area contributed by atoms with Crippen LogP contribution in [0.1, 0.15) is 102 Å². The lowest BCUT2D eigenvalue weighted by molar-refractivity contribution is 0.0530. The van der Waals surface area contributed by atoms with E-state index in [1.165, 1.54) is 72.4 Å². The lowest BCUT2D eigenvalue weighted by Gasteiger charge is -2.40. The highest BCUT2D eigenvalue weighted by Gasteiger charge is 2.53. The second-order valence-corrected chi connectivity index (χ2v) is 24.5. The number of hydrogen-bond acceptors (Lipinski definition) is 1. The number of benzene rings is 10. The molecule has 1 N–H and O–H groups in total. The van der Waals surface area contributed by atoms with Crippen LogP contribution in [0.5, 0.6) is 0 Å². The van der Waals surface area contributed by atoms with Crippen LogP contribution in [-0.2, 0) is 16.4 Å². The SMILES string of the molecule is CCC(C)(O)c1ccc2c(c1)C1(c3ccccc3-c3ccccc31)c1cc(Cl)cc3c4cc(Cl)ccc4n-2c13.CCC(C)c1ccc2c(c1)C1(c3ccccc3-c3ccccc31)c1cc(Cl)cc3c4cc(Cl)ccc4n-2c13.ClCCl. The second kappa shape index (κ2) is 19.0. The molecule has 2 unspecified atom stereocenters. The van der Waals surface area contributed by atoms with Gasteiger partial charge in [0.05, 0.1) is 55.2 Å². The molecule has 10 aromatic carbocycles. The molecular weight excluding hydrogens is 1110 g/mol. The number of hydrogen-bond donors (Lipinski definition) is 1. The van der Waals surface area contributed by atoms with Gasteiger partial charge in [0.15, 0.2) is 0 Å². The van der Waals surface area contributed by atoms with Gasteiger partial charge in [-0.05, 0) is 182 Å². The van der Waals surface area contributed by atoms with Crippen molar-refractivity contribution in [1.82, 2.24) is 9.13 Å².